The monoisotopic (exact) mass is 203 g/mol. The first-order chi connectivity index (χ1) is 6.65. The van der Waals surface area contributed by atoms with Crippen LogP contribution in [0.2, 0.25) is 0 Å². The Hall–Kier alpha value is -0.120. The van der Waals surface area contributed by atoms with E-state index in [0.29, 0.717) is 6.04 Å². The lowest BCUT2D eigenvalue weighted by atomic mass is 10.1. The Morgan fingerprint density at radius 2 is 1.86 bits per heavy atom. The van der Waals surface area contributed by atoms with Crippen LogP contribution in [0.1, 0.15) is 33.6 Å². The fourth-order valence-electron chi connectivity index (χ4n) is 1.78. The SMILES string of the molecule is CCC(CC)N(CCOC)C[C@H](C)O. The van der Waals surface area contributed by atoms with Crippen molar-refractivity contribution in [1.82, 2.24) is 4.90 Å². The molecule has 0 radical (unpaired) electrons. The molecule has 0 spiro atoms. The van der Waals surface area contributed by atoms with E-state index in [2.05, 4.69) is 18.7 Å². The molecule has 3 nitrogen and oxygen atoms in total. The maximum absolute atomic E-state index is 9.38. The Bertz CT molecular complexity index is 124. The number of aliphatic hydroxyl groups is 1. The van der Waals surface area contributed by atoms with E-state index in [1.165, 1.54) is 0 Å². The van der Waals surface area contributed by atoms with Gasteiger partial charge in [-0.25, -0.2) is 0 Å². The zero-order valence-corrected chi connectivity index (χ0v) is 9.99. The first kappa shape index (κ1) is 13.9. The molecule has 0 unspecified atom stereocenters. The van der Waals surface area contributed by atoms with E-state index in [1.54, 1.807) is 7.11 Å². The van der Waals surface area contributed by atoms with Crippen molar-refractivity contribution >= 4 is 0 Å². The Kier molecular flexibility index (Phi) is 8.14. The zero-order valence-electron chi connectivity index (χ0n) is 9.99. The van der Waals surface area contributed by atoms with Crippen LogP contribution in [-0.2, 0) is 4.74 Å². The van der Waals surface area contributed by atoms with Gasteiger partial charge >= 0.3 is 0 Å². The fourth-order valence-corrected chi connectivity index (χ4v) is 1.78. The van der Waals surface area contributed by atoms with Crippen molar-refractivity contribution in [2.75, 3.05) is 26.8 Å². The normalized spacial score (nSPS) is 13.9. The summed E-state index contributed by atoms with van der Waals surface area (Å²) in [6, 6.07) is 0.569. The predicted octanol–water partition coefficient (Wildman–Crippen LogP) is 1.50. The Labute approximate surface area is 88.1 Å². The number of methoxy groups -OCH3 is 1. The third-order valence-electron chi connectivity index (χ3n) is 2.54. The van der Waals surface area contributed by atoms with Gasteiger partial charge in [-0.2, -0.15) is 0 Å². The van der Waals surface area contributed by atoms with E-state index in [0.717, 1.165) is 32.5 Å². The maximum Gasteiger partial charge on any atom is 0.0639 e. The fraction of sp³-hybridized carbons (Fsp3) is 1.00. The van der Waals surface area contributed by atoms with Gasteiger partial charge < -0.3 is 9.84 Å². The van der Waals surface area contributed by atoms with E-state index in [4.69, 9.17) is 4.74 Å². The highest BCUT2D eigenvalue weighted by Gasteiger charge is 2.15. The second-order valence-electron chi connectivity index (χ2n) is 3.81. The summed E-state index contributed by atoms with van der Waals surface area (Å²) in [5.74, 6) is 0. The summed E-state index contributed by atoms with van der Waals surface area (Å²) in [5, 5.41) is 9.38. The van der Waals surface area contributed by atoms with Crippen LogP contribution in [0, 0.1) is 0 Å². The number of hydrogen-bond donors (Lipinski definition) is 1. The van der Waals surface area contributed by atoms with Gasteiger partial charge in [0.1, 0.15) is 0 Å². The van der Waals surface area contributed by atoms with Crippen molar-refractivity contribution in [3.63, 3.8) is 0 Å². The van der Waals surface area contributed by atoms with Gasteiger partial charge in [-0.3, -0.25) is 4.90 Å². The lowest BCUT2D eigenvalue weighted by molar-refractivity contribution is 0.0686. The molecule has 0 bridgehead atoms. The van der Waals surface area contributed by atoms with Gasteiger partial charge in [-0.15, -0.1) is 0 Å². The van der Waals surface area contributed by atoms with Crippen LogP contribution in [0.5, 0.6) is 0 Å². The van der Waals surface area contributed by atoms with E-state index >= 15 is 0 Å². The van der Waals surface area contributed by atoms with Crippen LogP contribution < -0.4 is 0 Å². The van der Waals surface area contributed by atoms with E-state index in [-0.39, 0.29) is 6.10 Å². The first-order valence-electron chi connectivity index (χ1n) is 5.56. The molecule has 0 aromatic heterocycles. The summed E-state index contributed by atoms with van der Waals surface area (Å²) >= 11 is 0. The molecule has 0 rings (SSSR count). The lowest BCUT2D eigenvalue weighted by Crippen LogP contribution is -2.41. The summed E-state index contributed by atoms with van der Waals surface area (Å²) in [6.07, 6.45) is 2.01. The molecular weight excluding hydrogens is 178 g/mol. The molecule has 0 aliphatic carbocycles. The molecule has 0 aromatic carbocycles. The van der Waals surface area contributed by atoms with Crippen LogP contribution in [0.3, 0.4) is 0 Å². The van der Waals surface area contributed by atoms with E-state index in [1.807, 2.05) is 6.92 Å². The Morgan fingerprint density at radius 1 is 1.29 bits per heavy atom. The number of aliphatic hydroxyl groups excluding tert-OH is 1. The first-order valence-corrected chi connectivity index (χ1v) is 5.56. The number of ether oxygens (including phenoxy) is 1. The highest BCUT2D eigenvalue weighted by molar-refractivity contribution is 4.70. The molecule has 3 heteroatoms. The molecule has 0 fully saturated rings. The number of nitrogens with zero attached hydrogens (tertiary/aromatic N) is 1. The van der Waals surface area contributed by atoms with Gasteiger partial charge in [0.2, 0.25) is 0 Å². The van der Waals surface area contributed by atoms with Crippen molar-refractivity contribution < 1.29 is 9.84 Å². The minimum absolute atomic E-state index is 0.257. The molecule has 0 heterocycles. The van der Waals surface area contributed by atoms with Crippen molar-refractivity contribution in [2.24, 2.45) is 0 Å². The molecule has 0 aromatic rings. The minimum Gasteiger partial charge on any atom is -0.392 e. The molecular formula is C11H25NO2. The quantitative estimate of drug-likeness (QED) is 0.649. The molecule has 0 saturated carbocycles. The van der Waals surface area contributed by atoms with Gasteiger partial charge in [-0.05, 0) is 19.8 Å². The van der Waals surface area contributed by atoms with Crippen LogP contribution in [0.15, 0.2) is 0 Å². The minimum atomic E-state index is -0.257. The van der Waals surface area contributed by atoms with Crippen LogP contribution >= 0.6 is 0 Å². The van der Waals surface area contributed by atoms with Crippen LogP contribution in [0.25, 0.3) is 0 Å². The van der Waals surface area contributed by atoms with Crippen molar-refractivity contribution in [3.8, 4) is 0 Å². The molecule has 0 aliphatic heterocycles. The zero-order chi connectivity index (χ0) is 11.0. The maximum atomic E-state index is 9.38. The second-order valence-corrected chi connectivity index (χ2v) is 3.81. The standard InChI is InChI=1S/C11H25NO2/c1-5-11(6-2)12(7-8-14-4)9-10(3)13/h10-11,13H,5-9H2,1-4H3/t10-/m0/s1. The van der Waals surface area contributed by atoms with Crippen molar-refractivity contribution in [1.29, 1.82) is 0 Å². The van der Waals surface area contributed by atoms with Gasteiger partial charge in [0.05, 0.1) is 12.7 Å². The highest BCUT2D eigenvalue weighted by atomic mass is 16.5. The average Bonchev–Trinajstić information content (AvgIpc) is 2.15. The third kappa shape index (κ3) is 5.58. The summed E-state index contributed by atoms with van der Waals surface area (Å²) < 4.78 is 5.07. The average molecular weight is 203 g/mol. The van der Waals surface area contributed by atoms with E-state index < -0.39 is 0 Å². The second kappa shape index (κ2) is 8.21. The van der Waals surface area contributed by atoms with Crippen LogP contribution in [0.4, 0.5) is 0 Å². The number of rotatable bonds is 8. The van der Waals surface area contributed by atoms with Crippen molar-refractivity contribution in [3.05, 3.63) is 0 Å². The molecule has 0 aliphatic rings. The molecule has 1 atom stereocenters. The van der Waals surface area contributed by atoms with Gasteiger partial charge in [0, 0.05) is 26.2 Å². The lowest BCUT2D eigenvalue weighted by Gasteiger charge is -2.31. The van der Waals surface area contributed by atoms with Gasteiger partial charge in [-0.1, -0.05) is 13.8 Å². The summed E-state index contributed by atoms with van der Waals surface area (Å²) in [6.45, 7) is 8.61. The Balaban J connectivity index is 4.06. The molecule has 14 heavy (non-hydrogen) atoms. The highest BCUT2D eigenvalue weighted by Crippen LogP contribution is 2.08. The molecule has 1 N–H and O–H groups in total. The topological polar surface area (TPSA) is 32.7 Å². The smallest absolute Gasteiger partial charge is 0.0639 e. The largest absolute Gasteiger partial charge is 0.392 e. The molecule has 0 amide bonds. The summed E-state index contributed by atoms with van der Waals surface area (Å²) in [5.41, 5.74) is 0. The predicted molar refractivity (Wildman–Crippen MR) is 59.5 cm³/mol. The molecule has 0 saturated heterocycles. The van der Waals surface area contributed by atoms with E-state index in [9.17, 15) is 5.11 Å². The van der Waals surface area contributed by atoms with Gasteiger partial charge in [0.15, 0.2) is 0 Å². The number of hydrogen-bond acceptors (Lipinski definition) is 3. The third-order valence-corrected chi connectivity index (χ3v) is 2.54. The van der Waals surface area contributed by atoms with Crippen molar-refractivity contribution in [2.45, 2.75) is 45.8 Å². The molecule has 86 valence electrons. The van der Waals surface area contributed by atoms with Crippen LogP contribution in [-0.4, -0.2) is 49.0 Å². The van der Waals surface area contributed by atoms with Gasteiger partial charge in [0.25, 0.3) is 0 Å². The Morgan fingerprint density at radius 3 is 2.21 bits per heavy atom. The summed E-state index contributed by atoms with van der Waals surface area (Å²) in [7, 11) is 1.72. The summed E-state index contributed by atoms with van der Waals surface area (Å²) in [4.78, 5) is 2.31.